The molecule has 1 nitrogen and oxygen atoms in total. The van der Waals surface area contributed by atoms with Gasteiger partial charge in [0, 0.05) is 6.08 Å². The molecule has 2 aliphatic carbocycles. The maximum atomic E-state index is 8.51. The smallest absolute Gasteiger partial charge is 0.0908 e. The maximum Gasteiger partial charge on any atom is 0.0908 e. The van der Waals surface area contributed by atoms with E-state index in [1.807, 2.05) is 6.08 Å². The van der Waals surface area contributed by atoms with Crippen LogP contribution in [-0.2, 0) is 0 Å². The van der Waals surface area contributed by atoms with E-state index in [-0.39, 0.29) is 0 Å². The third-order valence-electron chi connectivity index (χ3n) is 6.35. The van der Waals surface area contributed by atoms with E-state index in [1.54, 1.807) is 6.08 Å². The molecule has 0 unspecified atom stereocenters. The summed E-state index contributed by atoms with van der Waals surface area (Å²) in [5, 5.41) is 8.51. The number of allylic oxidation sites excluding steroid dienone is 2. The van der Waals surface area contributed by atoms with E-state index in [0.717, 1.165) is 30.1 Å². The van der Waals surface area contributed by atoms with E-state index in [0.29, 0.717) is 0 Å². The minimum absolute atomic E-state index is 0.931. The number of hydrogen-bond acceptors (Lipinski definition) is 1. The molecule has 0 amide bonds. The van der Waals surface area contributed by atoms with Crippen LogP contribution in [0.3, 0.4) is 0 Å². The summed E-state index contributed by atoms with van der Waals surface area (Å²) < 4.78 is 0. The van der Waals surface area contributed by atoms with Crippen molar-refractivity contribution in [3.8, 4) is 6.07 Å². The number of unbranched alkanes of at least 4 members (excludes halogenated alkanes) is 1. The van der Waals surface area contributed by atoms with Gasteiger partial charge in [-0.2, -0.15) is 5.26 Å². The second-order valence-electron chi connectivity index (χ2n) is 7.81. The first-order valence-corrected chi connectivity index (χ1v) is 9.88. The van der Waals surface area contributed by atoms with Crippen LogP contribution < -0.4 is 0 Å². The zero-order valence-electron chi connectivity index (χ0n) is 14.6. The highest BCUT2D eigenvalue weighted by molar-refractivity contribution is 5.01. The molecule has 0 saturated heterocycles. The molecule has 0 N–H and O–H groups in total. The molecule has 124 valence electrons. The number of rotatable bonds is 7. The molecule has 0 aromatic rings. The largest absolute Gasteiger partial charge is 0.193 e. The van der Waals surface area contributed by atoms with Crippen molar-refractivity contribution >= 4 is 0 Å². The summed E-state index contributed by atoms with van der Waals surface area (Å²) in [5.74, 6) is 4.08. The van der Waals surface area contributed by atoms with E-state index in [9.17, 15) is 0 Å². The van der Waals surface area contributed by atoms with Crippen LogP contribution in [0.1, 0.15) is 90.4 Å². The normalized spacial score (nSPS) is 32.9. The molecule has 0 heterocycles. The lowest BCUT2D eigenvalue weighted by molar-refractivity contribution is 0.141. The summed E-state index contributed by atoms with van der Waals surface area (Å²) in [7, 11) is 0. The molecule has 22 heavy (non-hydrogen) atoms. The third kappa shape index (κ3) is 5.79. The highest BCUT2D eigenvalue weighted by Crippen LogP contribution is 2.43. The van der Waals surface area contributed by atoms with Crippen molar-refractivity contribution in [3.05, 3.63) is 12.2 Å². The van der Waals surface area contributed by atoms with Crippen molar-refractivity contribution in [2.75, 3.05) is 0 Å². The van der Waals surface area contributed by atoms with Crippen LogP contribution in [0.5, 0.6) is 0 Å². The Morgan fingerprint density at radius 3 is 1.91 bits per heavy atom. The van der Waals surface area contributed by atoms with Gasteiger partial charge in [0.15, 0.2) is 0 Å². The first-order chi connectivity index (χ1) is 10.8. The van der Waals surface area contributed by atoms with E-state index >= 15 is 0 Å². The van der Waals surface area contributed by atoms with Gasteiger partial charge in [-0.3, -0.25) is 0 Å². The SMILES string of the molecule is CCCCC1CCC(C2CCC(CC/C=C\C#N)CC2)CC1. The van der Waals surface area contributed by atoms with Crippen LogP contribution in [0.4, 0.5) is 0 Å². The van der Waals surface area contributed by atoms with Gasteiger partial charge < -0.3 is 0 Å². The summed E-state index contributed by atoms with van der Waals surface area (Å²) in [4.78, 5) is 0. The van der Waals surface area contributed by atoms with Gasteiger partial charge in [0.25, 0.3) is 0 Å². The third-order valence-corrected chi connectivity index (χ3v) is 6.35. The van der Waals surface area contributed by atoms with Crippen molar-refractivity contribution in [2.24, 2.45) is 23.7 Å². The average molecular weight is 302 g/mol. The van der Waals surface area contributed by atoms with Crippen molar-refractivity contribution in [3.63, 3.8) is 0 Å². The molecule has 0 aliphatic heterocycles. The van der Waals surface area contributed by atoms with Crippen LogP contribution in [-0.4, -0.2) is 0 Å². The van der Waals surface area contributed by atoms with Crippen LogP contribution in [0.25, 0.3) is 0 Å². The monoisotopic (exact) mass is 301 g/mol. The number of nitriles is 1. The molecule has 2 saturated carbocycles. The van der Waals surface area contributed by atoms with E-state index in [1.165, 1.54) is 77.0 Å². The van der Waals surface area contributed by atoms with Gasteiger partial charge in [-0.05, 0) is 62.2 Å². The maximum absolute atomic E-state index is 8.51. The quantitative estimate of drug-likeness (QED) is 0.483. The Kier molecular flexibility index (Phi) is 8.06. The van der Waals surface area contributed by atoms with Gasteiger partial charge in [0.1, 0.15) is 0 Å². The van der Waals surface area contributed by atoms with Crippen LogP contribution in [0.2, 0.25) is 0 Å². The Hall–Kier alpha value is -0.770. The molecular weight excluding hydrogens is 266 g/mol. The lowest BCUT2D eigenvalue weighted by Gasteiger charge is -2.38. The molecule has 2 rings (SSSR count). The van der Waals surface area contributed by atoms with Crippen molar-refractivity contribution in [1.29, 1.82) is 5.26 Å². The fourth-order valence-corrected chi connectivity index (χ4v) is 4.86. The predicted molar refractivity (Wildman–Crippen MR) is 94.4 cm³/mol. The van der Waals surface area contributed by atoms with Crippen molar-refractivity contribution in [1.82, 2.24) is 0 Å². The molecule has 0 bridgehead atoms. The molecule has 2 fully saturated rings. The number of nitrogens with zero attached hydrogens (tertiary/aromatic N) is 1. The van der Waals surface area contributed by atoms with Crippen LogP contribution >= 0.6 is 0 Å². The first-order valence-electron chi connectivity index (χ1n) is 9.88. The molecule has 2 aliphatic rings. The van der Waals surface area contributed by atoms with Gasteiger partial charge in [0.2, 0.25) is 0 Å². The fraction of sp³-hybridized carbons (Fsp3) is 0.857. The van der Waals surface area contributed by atoms with E-state index < -0.39 is 0 Å². The Balaban J connectivity index is 1.61. The lowest BCUT2D eigenvalue weighted by atomic mass is 9.68. The molecule has 0 aromatic heterocycles. The molecule has 1 heteroatoms. The zero-order chi connectivity index (χ0) is 15.6. The predicted octanol–water partition coefficient (Wildman–Crippen LogP) is 6.65. The minimum Gasteiger partial charge on any atom is -0.193 e. The molecule has 0 spiro atoms. The second kappa shape index (κ2) is 10.1. The second-order valence-corrected chi connectivity index (χ2v) is 7.81. The summed E-state index contributed by atoms with van der Waals surface area (Å²) in [5.41, 5.74) is 0. The Labute approximate surface area is 138 Å². The zero-order valence-corrected chi connectivity index (χ0v) is 14.6. The summed E-state index contributed by atoms with van der Waals surface area (Å²) >= 11 is 0. The molecule has 0 aromatic carbocycles. The van der Waals surface area contributed by atoms with E-state index in [4.69, 9.17) is 5.26 Å². The first kappa shape index (κ1) is 17.6. The summed E-state index contributed by atoms with van der Waals surface area (Å²) in [6.45, 7) is 2.32. The van der Waals surface area contributed by atoms with Gasteiger partial charge in [-0.15, -0.1) is 0 Å². The Morgan fingerprint density at radius 1 is 0.864 bits per heavy atom. The van der Waals surface area contributed by atoms with Crippen molar-refractivity contribution < 1.29 is 0 Å². The summed E-state index contributed by atoms with van der Waals surface area (Å²) in [6.07, 6.45) is 22.3. The van der Waals surface area contributed by atoms with Gasteiger partial charge in [-0.25, -0.2) is 0 Å². The molecule has 0 atom stereocenters. The molecule has 0 radical (unpaired) electrons. The number of hydrogen-bond donors (Lipinski definition) is 0. The Morgan fingerprint density at radius 2 is 1.41 bits per heavy atom. The highest BCUT2D eigenvalue weighted by Gasteiger charge is 2.30. The highest BCUT2D eigenvalue weighted by atomic mass is 14.4. The topological polar surface area (TPSA) is 23.8 Å². The standard InChI is InChI=1S/C21H35N/c1-2-3-7-18-9-13-20(14-10-18)21-15-11-19(12-16-21)8-5-4-6-17-22/h4,6,18-21H,2-3,5,7-16H2,1H3/b6-4-. The van der Waals surface area contributed by atoms with Gasteiger partial charge in [0.05, 0.1) is 6.07 Å². The molecular formula is C21H35N. The Bertz CT molecular complexity index is 349. The fourth-order valence-electron chi connectivity index (χ4n) is 4.86. The summed E-state index contributed by atoms with van der Waals surface area (Å²) in [6, 6.07) is 2.09. The van der Waals surface area contributed by atoms with Crippen LogP contribution in [0, 0.1) is 35.0 Å². The van der Waals surface area contributed by atoms with E-state index in [2.05, 4.69) is 13.0 Å². The van der Waals surface area contributed by atoms with Gasteiger partial charge >= 0.3 is 0 Å². The average Bonchev–Trinajstić information content (AvgIpc) is 2.58. The van der Waals surface area contributed by atoms with Crippen molar-refractivity contribution in [2.45, 2.75) is 90.4 Å². The van der Waals surface area contributed by atoms with Gasteiger partial charge in [-0.1, -0.05) is 57.9 Å². The van der Waals surface area contributed by atoms with Crippen LogP contribution in [0.15, 0.2) is 12.2 Å². The lowest BCUT2D eigenvalue weighted by Crippen LogP contribution is -2.25. The minimum atomic E-state index is 0.931.